The molecule has 1 aliphatic rings. The molecule has 1 aromatic rings. The lowest BCUT2D eigenvalue weighted by Gasteiger charge is -2.20. The molecule has 1 unspecified atom stereocenters. The minimum absolute atomic E-state index is 0.00329. The van der Waals surface area contributed by atoms with Crippen LogP contribution in [0.15, 0.2) is 64.8 Å². The van der Waals surface area contributed by atoms with Crippen molar-refractivity contribution in [2.45, 2.75) is 58.4 Å². The van der Waals surface area contributed by atoms with Crippen LogP contribution in [0.2, 0.25) is 0 Å². The van der Waals surface area contributed by atoms with E-state index in [0.29, 0.717) is 24.5 Å². The van der Waals surface area contributed by atoms with Crippen LogP contribution in [0.1, 0.15) is 45.1 Å². The zero-order valence-electron chi connectivity index (χ0n) is 19.9. The number of halogens is 5. The lowest BCUT2D eigenvalue weighted by molar-refractivity contribution is -0.137. The van der Waals surface area contributed by atoms with Crippen LogP contribution < -0.4 is 10.1 Å². The Kier molecular flexibility index (Phi) is 10.4. The third-order valence-corrected chi connectivity index (χ3v) is 5.54. The van der Waals surface area contributed by atoms with Crippen molar-refractivity contribution < 1.29 is 41.4 Å². The van der Waals surface area contributed by atoms with Crippen LogP contribution in [0, 0.1) is 5.82 Å². The monoisotopic (exact) mass is 513 g/mol. The summed E-state index contributed by atoms with van der Waals surface area (Å²) in [6.45, 7) is 3.63. The highest BCUT2D eigenvalue weighted by atomic mass is 19.4. The molecule has 2 N–H and O–H groups in total. The molecule has 5 nitrogen and oxygen atoms in total. The normalized spacial score (nSPS) is 16.8. The highest BCUT2D eigenvalue weighted by Gasteiger charge is 2.38. The van der Waals surface area contributed by atoms with E-state index in [9.17, 15) is 31.5 Å². The maximum absolute atomic E-state index is 14.1. The predicted molar refractivity (Wildman–Crippen MR) is 124 cm³/mol. The molecule has 0 aromatic heterocycles. The Morgan fingerprint density at radius 3 is 2.47 bits per heavy atom. The Morgan fingerprint density at radius 2 is 1.89 bits per heavy atom. The lowest BCUT2D eigenvalue weighted by atomic mass is 9.95. The van der Waals surface area contributed by atoms with Crippen LogP contribution in [0.4, 0.5) is 22.0 Å². The second kappa shape index (κ2) is 13.0. The number of carboxylic acids is 1. The molecule has 0 bridgehead atoms. The molecule has 0 radical (unpaired) electrons. The number of allylic oxidation sites excluding steroid dienone is 6. The Labute approximate surface area is 206 Å². The van der Waals surface area contributed by atoms with Crippen molar-refractivity contribution in [2.24, 2.45) is 0 Å². The first-order valence-corrected chi connectivity index (χ1v) is 11.3. The van der Waals surface area contributed by atoms with Gasteiger partial charge in [-0.3, -0.25) is 9.59 Å². The summed E-state index contributed by atoms with van der Waals surface area (Å²) in [5, 5.41) is 11.3. The van der Waals surface area contributed by atoms with Crippen molar-refractivity contribution in [2.75, 3.05) is 6.61 Å². The van der Waals surface area contributed by atoms with Gasteiger partial charge < -0.3 is 15.2 Å². The first kappa shape index (κ1) is 28.8. The molecule has 0 heterocycles. The van der Waals surface area contributed by atoms with E-state index in [1.165, 1.54) is 6.07 Å². The zero-order chi connectivity index (χ0) is 26.9. The number of carbonyl (C=O) groups is 2. The molecule has 36 heavy (non-hydrogen) atoms. The van der Waals surface area contributed by atoms with Crippen molar-refractivity contribution in [3.63, 3.8) is 0 Å². The molecule has 196 valence electrons. The molecule has 1 amide bonds. The molecule has 0 saturated carbocycles. The number of carboxylic acid groups (broad SMARTS) is 1. The molecule has 1 atom stereocenters. The van der Waals surface area contributed by atoms with Gasteiger partial charge in [0.1, 0.15) is 24.3 Å². The minimum atomic E-state index is -4.67. The van der Waals surface area contributed by atoms with Crippen LogP contribution >= 0.6 is 0 Å². The number of alkyl halides is 4. The molecular formula is C26H28F5NO4. The van der Waals surface area contributed by atoms with Gasteiger partial charge in [0.2, 0.25) is 5.91 Å². The Morgan fingerprint density at radius 1 is 1.17 bits per heavy atom. The van der Waals surface area contributed by atoms with Gasteiger partial charge in [-0.2, -0.15) is 13.2 Å². The van der Waals surface area contributed by atoms with Crippen LogP contribution in [-0.2, 0) is 16.1 Å². The Hall–Kier alpha value is -3.43. The Bertz CT molecular complexity index is 1090. The summed E-state index contributed by atoms with van der Waals surface area (Å²) < 4.78 is 72.0. The molecule has 0 fully saturated rings. The maximum Gasteiger partial charge on any atom is 0.412 e. The van der Waals surface area contributed by atoms with Crippen LogP contribution in [0.25, 0.3) is 0 Å². The standard InChI is InChI=1S/C26H28F5NO4/c1-3-17(5-8-24(33)34)18(4-2)9-10-36-21-12-16(11-20(27)14-21)15-32-25(35)22-7-6-19(13-23(22)28)26(29,30)31/h3,6-7,9,11-12,14,23H,4-5,8,10,13,15H2,1-2H3,(H,32,35)(H,33,34)/b17-3-,18-9-. The van der Waals surface area contributed by atoms with Gasteiger partial charge in [-0.1, -0.05) is 25.2 Å². The number of benzene rings is 1. The summed E-state index contributed by atoms with van der Waals surface area (Å²) in [4.78, 5) is 23.1. The summed E-state index contributed by atoms with van der Waals surface area (Å²) in [6, 6.07) is 3.78. The lowest BCUT2D eigenvalue weighted by Crippen LogP contribution is -2.31. The summed E-state index contributed by atoms with van der Waals surface area (Å²) in [6.07, 6.45) is -1.59. The fraction of sp³-hybridized carbons (Fsp3) is 0.385. The average Bonchev–Trinajstić information content (AvgIpc) is 2.80. The van der Waals surface area contributed by atoms with Gasteiger partial charge in [-0.05, 0) is 54.7 Å². The molecule has 1 aliphatic carbocycles. The van der Waals surface area contributed by atoms with Gasteiger partial charge in [0, 0.05) is 31.0 Å². The largest absolute Gasteiger partial charge is 0.489 e. The molecule has 1 aromatic carbocycles. The smallest absolute Gasteiger partial charge is 0.412 e. The minimum Gasteiger partial charge on any atom is -0.489 e. The zero-order valence-corrected chi connectivity index (χ0v) is 19.9. The quantitative estimate of drug-likeness (QED) is 0.276. The molecule has 0 spiro atoms. The molecule has 2 rings (SSSR count). The van der Waals surface area contributed by atoms with Crippen molar-refractivity contribution in [1.29, 1.82) is 0 Å². The number of nitrogens with one attached hydrogen (secondary N) is 1. The fourth-order valence-corrected chi connectivity index (χ4v) is 3.66. The first-order chi connectivity index (χ1) is 16.9. The second-order valence-corrected chi connectivity index (χ2v) is 8.06. The number of amides is 1. The molecule has 0 saturated heterocycles. The number of hydrogen-bond acceptors (Lipinski definition) is 3. The summed E-state index contributed by atoms with van der Waals surface area (Å²) in [5.74, 6) is -2.24. The third kappa shape index (κ3) is 8.66. The number of ether oxygens (including phenoxy) is 1. The summed E-state index contributed by atoms with van der Waals surface area (Å²) in [7, 11) is 0. The number of hydrogen-bond donors (Lipinski definition) is 2. The number of aliphatic carboxylic acids is 1. The van der Waals surface area contributed by atoms with Gasteiger partial charge >= 0.3 is 12.1 Å². The van der Waals surface area contributed by atoms with E-state index in [4.69, 9.17) is 9.84 Å². The van der Waals surface area contributed by atoms with E-state index in [1.807, 2.05) is 19.9 Å². The van der Waals surface area contributed by atoms with Crippen LogP contribution in [0.3, 0.4) is 0 Å². The van der Waals surface area contributed by atoms with E-state index in [0.717, 1.165) is 29.4 Å². The Balaban J connectivity index is 2.02. The van der Waals surface area contributed by atoms with E-state index in [1.54, 1.807) is 6.08 Å². The van der Waals surface area contributed by atoms with E-state index in [-0.39, 0.29) is 25.3 Å². The van der Waals surface area contributed by atoms with Gasteiger partial charge in [0.15, 0.2) is 0 Å². The molecule has 0 aliphatic heterocycles. The fourth-order valence-electron chi connectivity index (χ4n) is 3.66. The second-order valence-electron chi connectivity index (χ2n) is 8.06. The van der Waals surface area contributed by atoms with Crippen molar-refractivity contribution in [1.82, 2.24) is 5.32 Å². The van der Waals surface area contributed by atoms with Crippen molar-refractivity contribution in [3.8, 4) is 5.75 Å². The highest BCUT2D eigenvalue weighted by Crippen LogP contribution is 2.34. The van der Waals surface area contributed by atoms with E-state index in [2.05, 4.69) is 5.32 Å². The van der Waals surface area contributed by atoms with E-state index >= 15 is 0 Å². The topological polar surface area (TPSA) is 75.6 Å². The van der Waals surface area contributed by atoms with Gasteiger partial charge in [0.25, 0.3) is 0 Å². The number of rotatable bonds is 11. The molecular weight excluding hydrogens is 485 g/mol. The van der Waals surface area contributed by atoms with Crippen LogP contribution in [-0.4, -0.2) is 35.9 Å². The van der Waals surface area contributed by atoms with Crippen molar-refractivity contribution in [3.05, 3.63) is 76.2 Å². The van der Waals surface area contributed by atoms with Crippen LogP contribution in [0.5, 0.6) is 5.75 Å². The predicted octanol–water partition coefficient (Wildman–Crippen LogP) is 6.13. The van der Waals surface area contributed by atoms with E-state index < -0.39 is 47.6 Å². The van der Waals surface area contributed by atoms with Gasteiger partial charge in [-0.25, -0.2) is 8.78 Å². The third-order valence-electron chi connectivity index (χ3n) is 5.54. The highest BCUT2D eigenvalue weighted by molar-refractivity contribution is 5.95. The summed E-state index contributed by atoms with van der Waals surface area (Å²) in [5.41, 5.74) is 0.614. The van der Waals surface area contributed by atoms with Gasteiger partial charge in [0.05, 0.1) is 5.57 Å². The molecule has 10 heteroatoms. The summed E-state index contributed by atoms with van der Waals surface area (Å²) >= 11 is 0. The first-order valence-electron chi connectivity index (χ1n) is 11.3. The SMILES string of the molecule is C/C=C(CCC(=O)O)\C(=C/COc1cc(F)cc(CNC(=O)C2=CC=C(C(F)(F)F)CC2F)c1)CC. The van der Waals surface area contributed by atoms with Crippen molar-refractivity contribution >= 4 is 11.9 Å². The maximum atomic E-state index is 14.1. The number of carbonyl (C=O) groups excluding carboxylic acids is 1. The van der Waals surface area contributed by atoms with Gasteiger partial charge in [-0.15, -0.1) is 0 Å². The average molecular weight is 514 g/mol.